The second-order valence-corrected chi connectivity index (χ2v) is 10.3. The molecule has 3 rings (SSSR count). The van der Waals surface area contributed by atoms with E-state index in [1.807, 2.05) is 13.8 Å². The Morgan fingerprint density at radius 2 is 1.83 bits per heavy atom. The van der Waals surface area contributed by atoms with Gasteiger partial charge in [-0.25, -0.2) is 18.2 Å². The largest absolute Gasteiger partial charge is 0.379 e. The summed E-state index contributed by atoms with van der Waals surface area (Å²) in [5.41, 5.74) is 0.770. The molecule has 1 atom stereocenters. The smallest absolute Gasteiger partial charge is 0.251 e. The highest BCUT2D eigenvalue weighted by Crippen LogP contribution is 2.17. The zero-order chi connectivity index (χ0) is 25.4. The number of hydrogen-bond donors (Lipinski definition) is 3. The van der Waals surface area contributed by atoms with Crippen LogP contribution >= 0.6 is 0 Å². The second-order valence-electron chi connectivity index (χ2n) is 8.73. The van der Waals surface area contributed by atoms with Crippen molar-refractivity contribution in [3.8, 4) is 0 Å². The first-order valence-corrected chi connectivity index (χ1v) is 13.1. The van der Waals surface area contributed by atoms with Crippen LogP contribution in [0, 0.1) is 5.92 Å². The van der Waals surface area contributed by atoms with Gasteiger partial charge in [0, 0.05) is 25.2 Å². The second kappa shape index (κ2) is 12.2. The zero-order valence-electron chi connectivity index (χ0n) is 20.0. The zero-order valence-corrected chi connectivity index (χ0v) is 20.8. The summed E-state index contributed by atoms with van der Waals surface area (Å²) < 4.78 is 29.5. The van der Waals surface area contributed by atoms with Gasteiger partial charge < -0.3 is 15.4 Å². The molecular formula is C22H33N7O5S. The SMILES string of the molecule is CC(C)[C@@H](C(=O)NCCCN1CCOCC1)n1cc(CNC(=O)c2ccc(S(N)(=O)=O)cc2)nn1. The summed E-state index contributed by atoms with van der Waals surface area (Å²) in [5.74, 6) is -0.549. The average Bonchev–Trinajstić information content (AvgIpc) is 3.28. The van der Waals surface area contributed by atoms with Crippen LogP contribution in [0.25, 0.3) is 0 Å². The molecule has 0 saturated carbocycles. The molecule has 0 aliphatic carbocycles. The third kappa shape index (κ3) is 7.82. The predicted molar refractivity (Wildman–Crippen MR) is 128 cm³/mol. The van der Waals surface area contributed by atoms with Crippen LogP contribution in [0.3, 0.4) is 0 Å². The van der Waals surface area contributed by atoms with E-state index in [1.54, 1.807) is 6.20 Å². The van der Waals surface area contributed by atoms with E-state index in [4.69, 9.17) is 9.88 Å². The van der Waals surface area contributed by atoms with E-state index in [1.165, 1.54) is 28.9 Å². The fraction of sp³-hybridized carbons (Fsp3) is 0.545. The number of carbonyl (C=O) groups is 2. The van der Waals surface area contributed by atoms with Gasteiger partial charge in [0.05, 0.1) is 30.9 Å². The molecule has 2 heterocycles. The number of ether oxygens (including phenoxy) is 1. The minimum atomic E-state index is -3.83. The van der Waals surface area contributed by atoms with Crippen LogP contribution in [-0.2, 0) is 26.1 Å². The minimum Gasteiger partial charge on any atom is -0.379 e. The number of amides is 2. The molecule has 4 N–H and O–H groups in total. The lowest BCUT2D eigenvalue weighted by atomic mass is 10.0. The molecule has 0 spiro atoms. The molecule has 0 unspecified atom stereocenters. The minimum absolute atomic E-state index is 0.0178. The Hall–Kier alpha value is -2.87. The molecule has 1 aliphatic heterocycles. The van der Waals surface area contributed by atoms with Gasteiger partial charge in [-0.1, -0.05) is 19.1 Å². The summed E-state index contributed by atoms with van der Waals surface area (Å²) in [5, 5.41) is 18.9. The lowest BCUT2D eigenvalue weighted by Gasteiger charge is -2.26. The first-order chi connectivity index (χ1) is 16.6. The van der Waals surface area contributed by atoms with Crippen LogP contribution in [0.15, 0.2) is 35.4 Å². The van der Waals surface area contributed by atoms with E-state index >= 15 is 0 Å². The van der Waals surface area contributed by atoms with Crippen molar-refractivity contribution in [3.05, 3.63) is 41.7 Å². The number of nitrogens with two attached hydrogens (primary N) is 1. The Morgan fingerprint density at radius 3 is 2.46 bits per heavy atom. The van der Waals surface area contributed by atoms with Gasteiger partial charge in [0.25, 0.3) is 5.91 Å². The van der Waals surface area contributed by atoms with Crippen LogP contribution in [0.5, 0.6) is 0 Å². The summed E-state index contributed by atoms with van der Waals surface area (Å²) in [6, 6.07) is 4.77. The van der Waals surface area contributed by atoms with E-state index < -0.39 is 22.0 Å². The molecule has 13 heteroatoms. The number of benzene rings is 1. The monoisotopic (exact) mass is 507 g/mol. The van der Waals surface area contributed by atoms with Crippen LogP contribution in [0.2, 0.25) is 0 Å². The fourth-order valence-corrected chi connectivity index (χ4v) is 4.29. The molecule has 2 aromatic rings. The number of rotatable bonds is 11. The Bertz CT molecular complexity index is 1100. The number of hydrogen-bond acceptors (Lipinski definition) is 8. The average molecular weight is 508 g/mol. The molecule has 1 aromatic heterocycles. The number of carbonyl (C=O) groups excluding carboxylic acids is 2. The van der Waals surface area contributed by atoms with Crippen molar-refractivity contribution >= 4 is 21.8 Å². The standard InChI is InChI=1S/C22H33N7O5S/c1-16(2)20(22(31)24-8-3-9-28-10-12-34-13-11-28)29-15-18(26-27-29)14-25-21(30)17-4-6-19(7-5-17)35(23,32)33/h4-7,15-16,20H,3,8-14H2,1-2H3,(H,24,31)(H,25,30)(H2,23,32,33)/t20-/m0/s1. The fourth-order valence-electron chi connectivity index (χ4n) is 3.77. The van der Waals surface area contributed by atoms with Crippen molar-refractivity contribution in [2.45, 2.75) is 37.8 Å². The van der Waals surface area contributed by atoms with Crippen LogP contribution in [-0.4, -0.2) is 79.5 Å². The molecule has 1 aromatic carbocycles. The van der Waals surface area contributed by atoms with Crippen LogP contribution in [0.4, 0.5) is 0 Å². The lowest BCUT2D eigenvalue weighted by Crippen LogP contribution is -2.39. The van der Waals surface area contributed by atoms with E-state index in [0.29, 0.717) is 12.2 Å². The number of morpholine rings is 1. The van der Waals surface area contributed by atoms with Gasteiger partial charge in [0.2, 0.25) is 15.9 Å². The van der Waals surface area contributed by atoms with E-state index in [-0.39, 0.29) is 28.8 Å². The van der Waals surface area contributed by atoms with Gasteiger partial charge in [-0.2, -0.15) is 0 Å². The molecule has 12 nitrogen and oxygen atoms in total. The predicted octanol–water partition coefficient (Wildman–Crippen LogP) is -0.109. The highest BCUT2D eigenvalue weighted by Gasteiger charge is 2.25. The molecule has 1 saturated heterocycles. The Kier molecular flexibility index (Phi) is 9.32. The Balaban J connectivity index is 1.50. The van der Waals surface area contributed by atoms with Gasteiger partial charge in [-0.3, -0.25) is 14.5 Å². The van der Waals surface area contributed by atoms with Gasteiger partial charge in [-0.15, -0.1) is 5.10 Å². The maximum absolute atomic E-state index is 12.8. The number of primary sulfonamides is 1. The van der Waals surface area contributed by atoms with Crippen molar-refractivity contribution in [2.24, 2.45) is 11.1 Å². The van der Waals surface area contributed by atoms with Crippen LogP contribution < -0.4 is 15.8 Å². The summed E-state index contributed by atoms with van der Waals surface area (Å²) >= 11 is 0. The highest BCUT2D eigenvalue weighted by molar-refractivity contribution is 7.89. The summed E-state index contributed by atoms with van der Waals surface area (Å²) in [6.07, 6.45) is 2.49. The molecular weight excluding hydrogens is 474 g/mol. The number of nitrogens with one attached hydrogen (secondary N) is 2. The van der Waals surface area contributed by atoms with Gasteiger partial charge in [-0.05, 0) is 43.1 Å². The van der Waals surface area contributed by atoms with Crippen LogP contribution in [0.1, 0.15) is 42.4 Å². The molecule has 192 valence electrons. The molecule has 2 amide bonds. The number of nitrogens with zero attached hydrogens (tertiary/aromatic N) is 4. The quantitative estimate of drug-likeness (QED) is 0.355. The first kappa shape index (κ1) is 26.7. The third-order valence-corrected chi connectivity index (χ3v) is 6.60. The lowest BCUT2D eigenvalue weighted by molar-refractivity contribution is -0.125. The maximum atomic E-state index is 12.8. The molecule has 0 radical (unpaired) electrons. The Labute approximate surface area is 205 Å². The van der Waals surface area contributed by atoms with Crippen molar-refractivity contribution in [3.63, 3.8) is 0 Å². The maximum Gasteiger partial charge on any atom is 0.251 e. The van der Waals surface area contributed by atoms with Gasteiger partial charge in [0.1, 0.15) is 11.7 Å². The molecule has 0 bridgehead atoms. The van der Waals surface area contributed by atoms with Crippen molar-refractivity contribution in [1.82, 2.24) is 30.5 Å². The summed E-state index contributed by atoms with van der Waals surface area (Å²) in [4.78, 5) is 27.5. The third-order valence-electron chi connectivity index (χ3n) is 5.67. The number of sulfonamides is 1. The van der Waals surface area contributed by atoms with Crippen molar-refractivity contribution < 1.29 is 22.7 Å². The van der Waals surface area contributed by atoms with Gasteiger partial charge in [0.15, 0.2) is 0 Å². The molecule has 35 heavy (non-hydrogen) atoms. The van der Waals surface area contributed by atoms with Crippen molar-refractivity contribution in [2.75, 3.05) is 39.4 Å². The van der Waals surface area contributed by atoms with E-state index in [0.717, 1.165) is 39.3 Å². The van der Waals surface area contributed by atoms with E-state index in [2.05, 4.69) is 25.8 Å². The van der Waals surface area contributed by atoms with E-state index in [9.17, 15) is 18.0 Å². The summed E-state index contributed by atoms with van der Waals surface area (Å²) in [7, 11) is -3.83. The summed E-state index contributed by atoms with van der Waals surface area (Å²) in [6.45, 7) is 8.79. The first-order valence-electron chi connectivity index (χ1n) is 11.5. The normalized spacial score (nSPS) is 15.7. The van der Waals surface area contributed by atoms with Crippen molar-refractivity contribution in [1.29, 1.82) is 0 Å². The highest BCUT2D eigenvalue weighted by atomic mass is 32.2. The topological polar surface area (TPSA) is 162 Å². The van der Waals surface area contributed by atoms with Gasteiger partial charge >= 0.3 is 0 Å². The molecule has 1 aliphatic rings. The number of aromatic nitrogens is 3. The Morgan fingerprint density at radius 1 is 1.14 bits per heavy atom. The molecule has 1 fully saturated rings.